The highest BCUT2D eigenvalue weighted by atomic mass is 16.6. The van der Waals surface area contributed by atoms with Crippen LogP contribution in [0.25, 0.3) is 0 Å². The Kier molecular flexibility index (Phi) is 9.30. The van der Waals surface area contributed by atoms with E-state index in [1.54, 1.807) is 20.8 Å². The minimum atomic E-state index is -2.16. The minimum Gasteiger partial charge on any atom is -0.443 e. The number of rotatable bonds is 7. The van der Waals surface area contributed by atoms with E-state index in [0.29, 0.717) is 0 Å². The molecule has 0 unspecified atom stereocenters. The summed E-state index contributed by atoms with van der Waals surface area (Å²) in [5, 5.41) is 48.1. The average molecular weight is 367 g/mol. The average Bonchev–Trinajstić information content (AvgIpc) is 2.53. The number of amides is 3. The second kappa shape index (κ2) is 10.1. The van der Waals surface area contributed by atoms with Crippen LogP contribution in [0.15, 0.2) is 0 Å². The summed E-state index contributed by atoms with van der Waals surface area (Å²) in [6, 6.07) is 0. The summed E-state index contributed by atoms with van der Waals surface area (Å²) in [5.41, 5.74) is 3.09. The molecule has 12 nitrogen and oxygen atoms in total. The lowest BCUT2D eigenvalue weighted by atomic mass is 10.0. The van der Waals surface area contributed by atoms with Gasteiger partial charge in [-0.15, -0.1) is 0 Å². The largest absolute Gasteiger partial charge is 0.443 e. The number of ether oxygens (including phenoxy) is 1. The molecule has 12 heteroatoms. The maximum atomic E-state index is 11.6. The van der Waals surface area contributed by atoms with Crippen LogP contribution in [0.3, 0.4) is 0 Å². The van der Waals surface area contributed by atoms with Crippen molar-refractivity contribution >= 4 is 17.9 Å². The molecule has 0 rings (SSSR count). The van der Waals surface area contributed by atoms with Gasteiger partial charge >= 0.3 is 6.09 Å². The van der Waals surface area contributed by atoms with E-state index in [2.05, 4.69) is 0 Å². The van der Waals surface area contributed by atoms with Crippen molar-refractivity contribution in [3.8, 4) is 0 Å². The first-order chi connectivity index (χ1) is 11.4. The van der Waals surface area contributed by atoms with Crippen LogP contribution in [0, 0.1) is 0 Å². The third kappa shape index (κ3) is 9.16. The molecule has 8 N–H and O–H groups in total. The van der Waals surface area contributed by atoms with Crippen LogP contribution in [0.2, 0.25) is 0 Å². The third-order valence-corrected chi connectivity index (χ3v) is 2.65. The van der Waals surface area contributed by atoms with Crippen LogP contribution >= 0.6 is 0 Å². The molecule has 0 spiro atoms. The Morgan fingerprint density at radius 2 is 1.56 bits per heavy atom. The first kappa shape index (κ1) is 23.0. The van der Waals surface area contributed by atoms with E-state index < -0.39 is 61.1 Å². The summed E-state index contributed by atoms with van der Waals surface area (Å²) in [4.78, 5) is 34.3. The van der Waals surface area contributed by atoms with Gasteiger partial charge in [-0.3, -0.25) is 15.0 Å². The zero-order chi connectivity index (χ0) is 19.8. The van der Waals surface area contributed by atoms with Gasteiger partial charge in [-0.05, 0) is 20.8 Å². The molecule has 0 aromatic heterocycles. The molecule has 25 heavy (non-hydrogen) atoms. The zero-order valence-electron chi connectivity index (χ0n) is 14.1. The topological polar surface area (TPSA) is 198 Å². The van der Waals surface area contributed by atoms with Gasteiger partial charge in [-0.25, -0.2) is 10.2 Å². The summed E-state index contributed by atoms with van der Waals surface area (Å²) in [7, 11) is 0. The standard InChI is InChI=1S/C13H25N3O9/c1-13(2,3)25-12(24)16-15-7(19)4-14-11(23)10(22)9(21)8(20)6(18)5-17/h6,8-10,17-18,20-22H,4-5H2,1-3H3,(H,14,23)(H,15,19)(H,16,24)/t6-,8-,9+,10-/m1/s1. The maximum Gasteiger partial charge on any atom is 0.426 e. The van der Waals surface area contributed by atoms with Gasteiger partial charge in [0.05, 0.1) is 13.2 Å². The molecule has 0 saturated carbocycles. The predicted octanol–water partition coefficient (Wildman–Crippen LogP) is -3.91. The number of aliphatic hydroxyl groups is 5. The van der Waals surface area contributed by atoms with Gasteiger partial charge in [0, 0.05) is 0 Å². The fourth-order valence-electron chi connectivity index (χ4n) is 1.42. The van der Waals surface area contributed by atoms with Gasteiger partial charge in [0.2, 0.25) is 0 Å². The van der Waals surface area contributed by atoms with Crippen molar-refractivity contribution in [3.63, 3.8) is 0 Å². The molecule has 0 bridgehead atoms. The van der Waals surface area contributed by atoms with Crippen LogP contribution < -0.4 is 16.2 Å². The van der Waals surface area contributed by atoms with Crippen LogP contribution in [0.4, 0.5) is 4.79 Å². The number of hydrogen-bond donors (Lipinski definition) is 8. The SMILES string of the molecule is CC(C)(C)OC(=O)NNC(=O)CNC(=O)[C@H](O)[C@@H](O)[C@H](O)[C@H](O)CO. The lowest BCUT2D eigenvalue weighted by Gasteiger charge is -2.24. The number of hydrazine groups is 1. The molecular formula is C13H25N3O9. The smallest absolute Gasteiger partial charge is 0.426 e. The minimum absolute atomic E-state index is 0.670. The first-order valence-corrected chi connectivity index (χ1v) is 7.27. The van der Waals surface area contributed by atoms with Crippen LogP contribution in [-0.4, -0.2) is 86.6 Å². The Hall–Kier alpha value is -1.99. The molecule has 146 valence electrons. The van der Waals surface area contributed by atoms with Crippen molar-refractivity contribution in [2.24, 2.45) is 0 Å². The summed E-state index contributed by atoms with van der Waals surface area (Å²) in [6.07, 6.45) is -8.93. The van der Waals surface area contributed by atoms with Crippen LogP contribution in [0.5, 0.6) is 0 Å². The number of carbonyl (C=O) groups excluding carboxylic acids is 3. The van der Waals surface area contributed by atoms with Crippen molar-refractivity contribution in [2.75, 3.05) is 13.2 Å². The second-order valence-electron chi connectivity index (χ2n) is 6.07. The molecule has 0 radical (unpaired) electrons. The summed E-state index contributed by atoms with van der Waals surface area (Å²) < 4.78 is 4.85. The summed E-state index contributed by atoms with van der Waals surface area (Å²) in [5.74, 6) is -2.08. The van der Waals surface area contributed by atoms with Gasteiger partial charge in [0.15, 0.2) is 6.10 Å². The quantitative estimate of drug-likeness (QED) is 0.207. The Morgan fingerprint density at radius 3 is 2.04 bits per heavy atom. The zero-order valence-corrected chi connectivity index (χ0v) is 14.1. The second-order valence-corrected chi connectivity index (χ2v) is 6.07. The Morgan fingerprint density at radius 1 is 1.00 bits per heavy atom. The molecule has 0 heterocycles. The van der Waals surface area contributed by atoms with Crippen molar-refractivity contribution < 1.29 is 44.7 Å². The molecule has 0 fully saturated rings. The van der Waals surface area contributed by atoms with E-state index in [4.69, 9.17) is 14.9 Å². The van der Waals surface area contributed by atoms with Crippen LogP contribution in [-0.2, 0) is 14.3 Å². The lowest BCUT2D eigenvalue weighted by molar-refractivity contribution is -0.149. The highest BCUT2D eigenvalue weighted by Crippen LogP contribution is 2.06. The monoisotopic (exact) mass is 367 g/mol. The van der Waals surface area contributed by atoms with Crippen molar-refractivity contribution in [1.29, 1.82) is 0 Å². The van der Waals surface area contributed by atoms with Gasteiger partial charge in [0.25, 0.3) is 11.8 Å². The number of nitrogens with one attached hydrogen (secondary N) is 3. The number of carbonyl (C=O) groups is 3. The normalized spacial score (nSPS) is 16.2. The molecule has 0 aliphatic rings. The molecule has 3 amide bonds. The van der Waals surface area contributed by atoms with E-state index >= 15 is 0 Å². The fraction of sp³-hybridized carbons (Fsp3) is 0.769. The molecule has 0 aliphatic heterocycles. The van der Waals surface area contributed by atoms with Gasteiger partial charge in [0.1, 0.15) is 23.9 Å². The number of hydrogen-bond acceptors (Lipinski definition) is 9. The third-order valence-electron chi connectivity index (χ3n) is 2.65. The van der Waals surface area contributed by atoms with E-state index in [9.17, 15) is 29.7 Å². The molecule has 0 aliphatic carbocycles. The highest BCUT2D eigenvalue weighted by Gasteiger charge is 2.34. The maximum absolute atomic E-state index is 11.6. The molecule has 0 aromatic carbocycles. The summed E-state index contributed by atoms with van der Waals surface area (Å²) >= 11 is 0. The molecule has 0 aromatic rings. The Bertz CT molecular complexity index is 466. The van der Waals surface area contributed by atoms with E-state index in [-0.39, 0.29) is 0 Å². The van der Waals surface area contributed by atoms with Gasteiger partial charge < -0.3 is 35.6 Å². The fourth-order valence-corrected chi connectivity index (χ4v) is 1.42. The van der Waals surface area contributed by atoms with Crippen LogP contribution in [0.1, 0.15) is 20.8 Å². The predicted molar refractivity (Wildman–Crippen MR) is 81.6 cm³/mol. The number of aliphatic hydroxyl groups excluding tert-OH is 5. The molecule has 0 saturated heterocycles. The van der Waals surface area contributed by atoms with E-state index in [1.165, 1.54) is 0 Å². The summed E-state index contributed by atoms with van der Waals surface area (Å²) in [6.45, 7) is 3.28. The first-order valence-electron chi connectivity index (χ1n) is 7.27. The van der Waals surface area contributed by atoms with Gasteiger partial charge in [-0.1, -0.05) is 0 Å². The van der Waals surface area contributed by atoms with E-state index in [0.717, 1.165) is 0 Å². The van der Waals surface area contributed by atoms with E-state index in [1.807, 2.05) is 16.2 Å². The molecule has 4 atom stereocenters. The molecular weight excluding hydrogens is 342 g/mol. The van der Waals surface area contributed by atoms with Crippen molar-refractivity contribution in [1.82, 2.24) is 16.2 Å². The Balaban J connectivity index is 4.27. The lowest BCUT2D eigenvalue weighted by Crippen LogP contribution is -2.53. The van der Waals surface area contributed by atoms with Gasteiger partial charge in [-0.2, -0.15) is 0 Å². The Labute approximate surface area is 143 Å². The van der Waals surface area contributed by atoms with Crippen molar-refractivity contribution in [3.05, 3.63) is 0 Å². The van der Waals surface area contributed by atoms with Crippen molar-refractivity contribution in [2.45, 2.75) is 50.8 Å². The highest BCUT2D eigenvalue weighted by molar-refractivity contribution is 5.87.